The summed E-state index contributed by atoms with van der Waals surface area (Å²) >= 11 is 0. The number of aliphatic carboxylic acids is 1. The molecule has 1 aliphatic heterocycles. The Morgan fingerprint density at radius 3 is 2.50 bits per heavy atom. The van der Waals surface area contributed by atoms with Gasteiger partial charge in [0.1, 0.15) is 5.75 Å². The van der Waals surface area contributed by atoms with Gasteiger partial charge in [0.05, 0.1) is 12.0 Å². The van der Waals surface area contributed by atoms with Crippen LogP contribution < -0.4 is 4.74 Å². The minimum Gasteiger partial charge on any atom is -0.477 e. The average molecular weight is 272 g/mol. The van der Waals surface area contributed by atoms with E-state index in [1.54, 1.807) is 0 Å². The van der Waals surface area contributed by atoms with Gasteiger partial charge in [-0.15, -0.1) is 0 Å². The molecule has 2 rings (SSSR count). The van der Waals surface area contributed by atoms with Gasteiger partial charge in [-0.05, 0) is 12.1 Å². The molecule has 0 radical (unpaired) electrons. The molecule has 0 aromatic heterocycles. The summed E-state index contributed by atoms with van der Waals surface area (Å²) in [6.45, 7) is 0. The summed E-state index contributed by atoms with van der Waals surface area (Å²) in [6, 6.07) is 5.62. The second-order valence-corrected chi connectivity index (χ2v) is 5.34. The van der Waals surface area contributed by atoms with E-state index in [-0.39, 0.29) is 11.3 Å². The SMILES string of the molecule is O=C1CC(C(=O)O)(S(=O)(=O)O)Oc2ccccc21. The van der Waals surface area contributed by atoms with E-state index in [4.69, 9.17) is 14.4 Å². The molecule has 1 aromatic carbocycles. The maximum atomic E-state index is 11.7. The van der Waals surface area contributed by atoms with Crippen molar-refractivity contribution in [3.63, 3.8) is 0 Å². The normalized spacial score (nSPS) is 23.1. The second kappa shape index (κ2) is 3.79. The van der Waals surface area contributed by atoms with Crippen molar-refractivity contribution in [1.82, 2.24) is 0 Å². The van der Waals surface area contributed by atoms with E-state index in [9.17, 15) is 18.0 Å². The molecule has 1 aromatic rings. The monoisotopic (exact) mass is 272 g/mol. The van der Waals surface area contributed by atoms with Gasteiger partial charge in [-0.2, -0.15) is 8.42 Å². The van der Waals surface area contributed by atoms with Crippen molar-refractivity contribution in [1.29, 1.82) is 0 Å². The molecule has 18 heavy (non-hydrogen) atoms. The molecule has 1 heterocycles. The quantitative estimate of drug-likeness (QED) is 0.744. The number of benzene rings is 1. The fourth-order valence-electron chi connectivity index (χ4n) is 1.68. The van der Waals surface area contributed by atoms with Gasteiger partial charge in [0, 0.05) is 0 Å². The van der Waals surface area contributed by atoms with E-state index in [0.717, 1.165) is 0 Å². The average Bonchev–Trinajstić information content (AvgIpc) is 2.27. The third-order valence-electron chi connectivity index (χ3n) is 2.60. The van der Waals surface area contributed by atoms with E-state index in [2.05, 4.69) is 0 Å². The van der Waals surface area contributed by atoms with Crippen molar-refractivity contribution >= 4 is 21.9 Å². The number of hydrogen-bond donors (Lipinski definition) is 2. The number of rotatable bonds is 2. The summed E-state index contributed by atoms with van der Waals surface area (Å²) in [5, 5.41) is 8.95. The van der Waals surface area contributed by atoms with Crippen LogP contribution in [0.5, 0.6) is 5.75 Å². The third-order valence-corrected chi connectivity index (χ3v) is 3.83. The van der Waals surface area contributed by atoms with Crippen LogP contribution in [0.1, 0.15) is 16.8 Å². The number of carboxylic acid groups (broad SMARTS) is 1. The Labute approximate surface area is 102 Å². The first-order chi connectivity index (χ1) is 8.28. The number of carboxylic acids is 1. The van der Waals surface area contributed by atoms with Gasteiger partial charge in [-0.25, -0.2) is 4.79 Å². The molecule has 0 spiro atoms. The summed E-state index contributed by atoms with van der Waals surface area (Å²) in [5.74, 6) is -2.85. The summed E-state index contributed by atoms with van der Waals surface area (Å²) in [5.41, 5.74) is 0.0815. The first-order valence-corrected chi connectivity index (χ1v) is 6.23. The zero-order valence-corrected chi connectivity index (χ0v) is 9.68. The fourth-order valence-corrected chi connectivity index (χ4v) is 2.41. The molecule has 0 fully saturated rings. The van der Waals surface area contributed by atoms with Crippen molar-refractivity contribution < 1.29 is 32.4 Å². The highest BCUT2D eigenvalue weighted by atomic mass is 32.2. The van der Waals surface area contributed by atoms with Crippen LogP contribution in [0, 0.1) is 0 Å². The smallest absolute Gasteiger partial charge is 0.367 e. The molecular weight excluding hydrogens is 264 g/mol. The number of ketones is 1. The number of carbonyl (C=O) groups excluding carboxylic acids is 1. The van der Waals surface area contributed by atoms with Gasteiger partial charge in [0.2, 0.25) is 0 Å². The second-order valence-electron chi connectivity index (χ2n) is 3.73. The summed E-state index contributed by atoms with van der Waals surface area (Å²) in [7, 11) is -5.10. The topological polar surface area (TPSA) is 118 Å². The lowest BCUT2D eigenvalue weighted by molar-refractivity contribution is -0.148. The van der Waals surface area contributed by atoms with Crippen LogP contribution in [0.3, 0.4) is 0 Å². The lowest BCUT2D eigenvalue weighted by Crippen LogP contribution is -2.54. The highest BCUT2D eigenvalue weighted by Crippen LogP contribution is 2.36. The van der Waals surface area contributed by atoms with Gasteiger partial charge in [-0.1, -0.05) is 12.1 Å². The third kappa shape index (κ3) is 1.66. The molecule has 7 nitrogen and oxygen atoms in total. The Morgan fingerprint density at radius 1 is 1.33 bits per heavy atom. The summed E-state index contributed by atoms with van der Waals surface area (Å²) < 4.78 is 36.3. The number of carbonyl (C=O) groups is 2. The Balaban J connectivity index is 2.65. The van der Waals surface area contributed by atoms with E-state index in [0.29, 0.717) is 0 Å². The summed E-state index contributed by atoms with van der Waals surface area (Å²) in [4.78, 5) is 19.8. The maximum Gasteiger partial charge on any atom is 0.367 e. The molecule has 0 bridgehead atoms. The first-order valence-electron chi connectivity index (χ1n) is 4.79. The van der Waals surface area contributed by atoms with Crippen LogP contribution in [0.2, 0.25) is 0 Å². The summed E-state index contributed by atoms with van der Waals surface area (Å²) in [6.07, 6.45) is -0.974. The highest BCUT2D eigenvalue weighted by molar-refractivity contribution is 7.88. The van der Waals surface area contributed by atoms with Gasteiger partial charge in [0.25, 0.3) is 0 Å². The van der Waals surface area contributed by atoms with Crippen molar-refractivity contribution in [3.05, 3.63) is 29.8 Å². The van der Waals surface area contributed by atoms with Gasteiger partial charge in [-0.3, -0.25) is 9.35 Å². The maximum absolute atomic E-state index is 11.7. The predicted octanol–water partition coefficient (Wildman–Crippen LogP) is 0.320. The van der Waals surface area contributed by atoms with Gasteiger partial charge < -0.3 is 9.84 Å². The minimum atomic E-state index is -5.10. The Kier molecular flexibility index (Phi) is 2.63. The van der Waals surface area contributed by atoms with Crippen LogP contribution in [0.15, 0.2) is 24.3 Å². The minimum absolute atomic E-state index is 0.0815. The van der Waals surface area contributed by atoms with Crippen molar-refractivity contribution in [2.24, 2.45) is 0 Å². The molecule has 0 amide bonds. The zero-order chi connectivity index (χ0) is 13.6. The fraction of sp³-hybridized carbons (Fsp3) is 0.200. The van der Waals surface area contributed by atoms with Crippen LogP contribution in [0.4, 0.5) is 0 Å². The van der Waals surface area contributed by atoms with Crippen LogP contribution in [-0.4, -0.2) is 34.8 Å². The van der Waals surface area contributed by atoms with Crippen LogP contribution in [-0.2, 0) is 14.9 Å². The van der Waals surface area contributed by atoms with E-state index in [1.165, 1.54) is 24.3 Å². The molecule has 0 saturated heterocycles. The molecule has 1 atom stereocenters. The standard InChI is InChI=1S/C10H8O7S/c11-7-5-10(9(12)13,18(14,15)16)17-8-4-2-1-3-6(7)8/h1-4H,5H2,(H,12,13)(H,14,15,16). The van der Waals surface area contributed by atoms with Crippen LogP contribution in [0.25, 0.3) is 0 Å². The largest absolute Gasteiger partial charge is 0.477 e. The zero-order valence-electron chi connectivity index (χ0n) is 8.86. The molecule has 96 valence electrons. The predicted molar refractivity (Wildman–Crippen MR) is 57.9 cm³/mol. The first kappa shape index (κ1) is 12.5. The van der Waals surface area contributed by atoms with E-state index >= 15 is 0 Å². The number of hydrogen-bond acceptors (Lipinski definition) is 5. The molecule has 8 heteroatoms. The number of fused-ring (bicyclic) bond motifs is 1. The van der Waals surface area contributed by atoms with E-state index in [1.807, 2.05) is 0 Å². The van der Waals surface area contributed by atoms with E-state index < -0.39 is 33.2 Å². The molecule has 1 aliphatic rings. The van der Waals surface area contributed by atoms with Crippen molar-refractivity contribution in [3.8, 4) is 5.75 Å². The molecule has 0 aliphatic carbocycles. The van der Waals surface area contributed by atoms with Gasteiger partial charge >= 0.3 is 21.0 Å². The number of Topliss-reactive ketones (excluding diaryl/α,β-unsaturated/α-hetero) is 1. The molecule has 1 unspecified atom stereocenters. The Morgan fingerprint density at radius 2 is 1.94 bits per heavy atom. The lowest BCUT2D eigenvalue weighted by Gasteiger charge is -2.31. The van der Waals surface area contributed by atoms with Gasteiger partial charge in [0.15, 0.2) is 5.78 Å². The lowest BCUT2D eigenvalue weighted by atomic mass is 10.0. The number of ether oxygens (including phenoxy) is 1. The Bertz CT molecular complexity index is 633. The Hall–Kier alpha value is -1.93. The highest BCUT2D eigenvalue weighted by Gasteiger charge is 2.57. The molecular formula is C10H8O7S. The van der Waals surface area contributed by atoms with Crippen molar-refractivity contribution in [2.45, 2.75) is 11.4 Å². The van der Waals surface area contributed by atoms with Crippen molar-refractivity contribution in [2.75, 3.05) is 0 Å². The molecule has 2 N–H and O–H groups in total. The number of para-hydroxylation sites is 1. The van der Waals surface area contributed by atoms with Crippen LogP contribution >= 0.6 is 0 Å². The molecule has 0 saturated carbocycles.